The van der Waals surface area contributed by atoms with Crippen LogP contribution < -0.4 is 10.1 Å². The second-order valence-electron chi connectivity index (χ2n) is 5.97. The minimum atomic E-state index is -0.368. The molecule has 24 heavy (non-hydrogen) atoms. The number of hydrogen-bond donors (Lipinski definition) is 1. The van der Waals surface area contributed by atoms with Gasteiger partial charge in [-0.3, -0.25) is 0 Å². The second-order valence-corrected chi connectivity index (χ2v) is 6.40. The van der Waals surface area contributed by atoms with Crippen LogP contribution in [0.15, 0.2) is 54.6 Å². The topological polar surface area (TPSA) is 30.5 Å². The zero-order valence-corrected chi connectivity index (χ0v) is 14.6. The molecule has 1 unspecified atom stereocenters. The molecule has 0 aromatic heterocycles. The summed E-state index contributed by atoms with van der Waals surface area (Å²) in [7, 11) is 1.69. The Bertz CT molecular complexity index is 691. The van der Waals surface area contributed by atoms with Gasteiger partial charge in [0.15, 0.2) is 0 Å². The molecule has 3 nitrogen and oxygen atoms in total. The third kappa shape index (κ3) is 4.18. The number of methoxy groups -OCH3 is 1. The highest BCUT2D eigenvalue weighted by Gasteiger charge is 2.30. The molecule has 3 rings (SSSR count). The number of rotatable bonds is 5. The maximum absolute atomic E-state index is 6.17. The summed E-state index contributed by atoms with van der Waals surface area (Å²) in [4.78, 5) is 0. The van der Waals surface area contributed by atoms with Gasteiger partial charge in [0.1, 0.15) is 11.4 Å². The highest BCUT2D eigenvalue weighted by atomic mass is 35.5. The van der Waals surface area contributed by atoms with E-state index in [0.29, 0.717) is 6.61 Å². The number of morpholine rings is 1. The third-order valence-corrected chi connectivity index (χ3v) is 4.47. The molecule has 0 spiro atoms. The van der Waals surface area contributed by atoms with Crippen molar-refractivity contribution in [2.45, 2.75) is 12.0 Å². The van der Waals surface area contributed by atoms with Gasteiger partial charge in [-0.25, -0.2) is 0 Å². The number of para-hydroxylation sites is 1. The number of benzene rings is 2. The van der Waals surface area contributed by atoms with Crippen LogP contribution in [0.3, 0.4) is 0 Å². The second kappa shape index (κ2) is 7.84. The summed E-state index contributed by atoms with van der Waals surface area (Å²) in [6, 6.07) is 15.9. The molecule has 0 radical (unpaired) electrons. The first-order valence-corrected chi connectivity index (χ1v) is 8.50. The van der Waals surface area contributed by atoms with Gasteiger partial charge in [0.2, 0.25) is 0 Å². The molecule has 1 N–H and O–H groups in total. The van der Waals surface area contributed by atoms with Gasteiger partial charge >= 0.3 is 0 Å². The van der Waals surface area contributed by atoms with Gasteiger partial charge in [0.25, 0.3) is 0 Å². The predicted molar refractivity (Wildman–Crippen MR) is 98.7 cm³/mol. The van der Waals surface area contributed by atoms with Crippen LogP contribution in [0.2, 0.25) is 5.02 Å². The first-order valence-electron chi connectivity index (χ1n) is 8.12. The van der Waals surface area contributed by atoms with Crippen molar-refractivity contribution in [1.82, 2.24) is 5.32 Å². The average Bonchev–Trinajstić information content (AvgIpc) is 2.63. The Morgan fingerprint density at radius 2 is 2.00 bits per heavy atom. The molecular weight excluding hydrogens is 322 g/mol. The molecule has 2 aromatic carbocycles. The summed E-state index contributed by atoms with van der Waals surface area (Å²) < 4.78 is 11.6. The average molecular weight is 344 g/mol. The van der Waals surface area contributed by atoms with Crippen LogP contribution >= 0.6 is 11.6 Å². The molecule has 1 heterocycles. The molecule has 2 aromatic rings. The normalized spacial score (nSPS) is 21.1. The van der Waals surface area contributed by atoms with E-state index in [-0.39, 0.29) is 5.60 Å². The van der Waals surface area contributed by atoms with Gasteiger partial charge in [-0.05, 0) is 23.8 Å². The van der Waals surface area contributed by atoms with Crippen molar-refractivity contribution in [2.75, 3.05) is 26.8 Å². The van der Waals surface area contributed by atoms with Crippen LogP contribution in [0.4, 0.5) is 0 Å². The monoisotopic (exact) mass is 343 g/mol. The lowest BCUT2D eigenvalue weighted by Crippen LogP contribution is -2.49. The van der Waals surface area contributed by atoms with Gasteiger partial charge in [-0.2, -0.15) is 0 Å². The van der Waals surface area contributed by atoms with E-state index in [1.54, 1.807) is 7.11 Å². The molecule has 1 fully saturated rings. The lowest BCUT2D eigenvalue weighted by molar-refractivity contribution is -0.0293. The van der Waals surface area contributed by atoms with Crippen molar-refractivity contribution in [1.29, 1.82) is 0 Å². The Morgan fingerprint density at radius 1 is 1.21 bits per heavy atom. The Labute approximate surface area is 148 Å². The maximum Gasteiger partial charge on any atom is 0.126 e. The molecular formula is C20H22ClNO2. The van der Waals surface area contributed by atoms with Crippen LogP contribution in [0, 0.1) is 0 Å². The third-order valence-electron chi connectivity index (χ3n) is 4.21. The van der Waals surface area contributed by atoms with Gasteiger partial charge in [0, 0.05) is 30.1 Å². The lowest BCUT2D eigenvalue weighted by atomic mass is 9.91. The Hall–Kier alpha value is -1.81. The molecule has 1 saturated heterocycles. The molecule has 0 bridgehead atoms. The fraction of sp³-hybridized carbons (Fsp3) is 0.300. The zero-order valence-electron chi connectivity index (χ0n) is 13.8. The van der Waals surface area contributed by atoms with Gasteiger partial charge < -0.3 is 14.8 Å². The number of nitrogens with one attached hydrogen (secondary N) is 1. The molecule has 1 aliphatic heterocycles. The summed E-state index contributed by atoms with van der Waals surface area (Å²) in [5.74, 6) is 0.860. The van der Waals surface area contributed by atoms with Crippen molar-refractivity contribution in [3.05, 3.63) is 70.8 Å². The van der Waals surface area contributed by atoms with E-state index in [4.69, 9.17) is 21.1 Å². The highest BCUT2D eigenvalue weighted by molar-refractivity contribution is 6.30. The number of halogens is 1. The van der Waals surface area contributed by atoms with Crippen molar-refractivity contribution in [3.63, 3.8) is 0 Å². The Morgan fingerprint density at radius 3 is 2.71 bits per heavy atom. The quantitative estimate of drug-likeness (QED) is 0.891. The Balaban J connectivity index is 1.85. The largest absolute Gasteiger partial charge is 0.496 e. The highest BCUT2D eigenvalue weighted by Crippen LogP contribution is 2.26. The van der Waals surface area contributed by atoms with E-state index < -0.39 is 0 Å². The molecule has 0 amide bonds. The summed E-state index contributed by atoms with van der Waals surface area (Å²) >= 11 is 5.99. The van der Waals surface area contributed by atoms with E-state index in [1.165, 1.54) is 5.56 Å². The van der Waals surface area contributed by atoms with Crippen molar-refractivity contribution in [3.8, 4) is 5.75 Å². The van der Waals surface area contributed by atoms with E-state index in [2.05, 4.69) is 29.6 Å². The van der Waals surface area contributed by atoms with Gasteiger partial charge in [-0.15, -0.1) is 0 Å². The van der Waals surface area contributed by atoms with Crippen LogP contribution in [-0.4, -0.2) is 32.4 Å². The predicted octanol–water partition coefficient (Wildman–Crippen LogP) is 3.96. The first kappa shape index (κ1) is 17.0. The summed E-state index contributed by atoms with van der Waals surface area (Å²) in [5, 5.41) is 4.19. The number of ether oxygens (including phenoxy) is 2. The molecule has 126 valence electrons. The molecule has 4 heteroatoms. The first-order chi connectivity index (χ1) is 11.7. The maximum atomic E-state index is 6.17. The fourth-order valence-electron chi connectivity index (χ4n) is 2.95. The smallest absolute Gasteiger partial charge is 0.126 e. The Kier molecular flexibility index (Phi) is 5.56. The minimum Gasteiger partial charge on any atom is -0.496 e. The molecule has 0 saturated carbocycles. The summed E-state index contributed by atoms with van der Waals surface area (Å²) in [5.41, 5.74) is 1.88. The molecule has 1 aliphatic rings. The lowest BCUT2D eigenvalue weighted by Gasteiger charge is -2.35. The van der Waals surface area contributed by atoms with Crippen LogP contribution in [-0.2, 0) is 11.2 Å². The van der Waals surface area contributed by atoms with Crippen molar-refractivity contribution < 1.29 is 9.47 Å². The van der Waals surface area contributed by atoms with Gasteiger partial charge in [-0.1, -0.05) is 54.1 Å². The van der Waals surface area contributed by atoms with Crippen LogP contribution in [0.25, 0.3) is 6.08 Å². The standard InChI is InChI=1S/C20H22ClNO2/c1-23-19-5-3-2-4-17(19)10-11-20(15-22-12-13-24-20)14-16-6-8-18(21)9-7-16/h2-11,22H,12-15H2,1H3/b11-10+. The fourth-order valence-corrected chi connectivity index (χ4v) is 3.08. The SMILES string of the molecule is COc1ccccc1/C=C/C1(Cc2ccc(Cl)cc2)CNCCO1. The molecule has 0 aliphatic carbocycles. The molecule has 1 atom stereocenters. The van der Waals surface area contributed by atoms with Gasteiger partial charge in [0.05, 0.1) is 13.7 Å². The van der Waals surface area contributed by atoms with E-state index in [0.717, 1.165) is 35.8 Å². The van der Waals surface area contributed by atoms with Crippen LogP contribution in [0.1, 0.15) is 11.1 Å². The summed E-state index contributed by atoms with van der Waals surface area (Å²) in [6.07, 6.45) is 5.02. The number of hydrogen-bond acceptors (Lipinski definition) is 3. The summed E-state index contributed by atoms with van der Waals surface area (Å²) in [6.45, 7) is 2.36. The van der Waals surface area contributed by atoms with Crippen molar-refractivity contribution >= 4 is 17.7 Å². The van der Waals surface area contributed by atoms with Crippen molar-refractivity contribution in [2.24, 2.45) is 0 Å². The van der Waals surface area contributed by atoms with Crippen LogP contribution in [0.5, 0.6) is 5.75 Å². The zero-order chi connectivity index (χ0) is 16.8. The minimum absolute atomic E-state index is 0.368. The van der Waals surface area contributed by atoms with E-state index in [9.17, 15) is 0 Å². The van der Waals surface area contributed by atoms with E-state index >= 15 is 0 Å². The van der Waals surface area contributed by atoms with E-state index in [1.807, 2.05) is 36.4 Å².